The van der Waals surface area contributed by atoms with Crippen LogP contribution in [0.15, 0.2) is 52.0 Å². The van der Waals surface area contributed by atoms with Gasteiger partial charge in [-0.25, -0.2) is 5.43 Å². The smallest absolute Gasteiger partial charge is 0.316 e. The highest BCUT2D eigenvalue weighted by Gasteiger charge is 2.09. The lowest BCUT2D eigenvalue weighted by Crippen LogP contribution is -1.93. The summed E-state index contributed by atoms with van der Waals surface area (Å²) in [5.74, 6) is -0.117. The van der Waals surface area contributed by atoms with Gasteiger partial charge in [-0.05, 0) is 18.2 Å². The average molecular weight is 298 g/mol. The van der Waals surface area contributed by atoms with Gasteiger partial charge in [0.05, 0.1) is 11.1 Å². The Hall–Kier alpha value is -3.42. The van der Waals surface area contributed by atoms with Crippen molar-refractivity contribution in [2.24, 2.45) is 5.10 Å². The molecule has 8 heteroatoms. The van der Waals surface area contributed by atoms with Crippen molar-refractivity contribution in [1.82, 2.24) is 4.98 Å². The van der Waals surface area contributed by atoms with Gasteiger partial charge in [0.2, 0.25) is 0 Å². The monoisotopic (exact) mass is 298 g/mol. The van der Waals surface area contributed by atoms with E-state index in [2.05, 4.69) is 15.5 Å². The number of benzene rings is 2. The van der Waals surface area contributed by atoms with Crippen molar-refractivity contribution in [3.8, 4) is 5.75 Å². The van der Waals surface area contributed by atoms with E-state index in [1.165, 1.54) is 24.4 Å². The first-order valence-electron chi connectivity index (χ1n) is 6.25. The second-order valence-electron chi connectivity index (χ2n) is 4.36. The highest BCUT2D eigenvalue weighted by atomic mass is 16.6. The average Bonchev–Trinajstić information content (AvgIpc) is 2.91. The molecule has 0 amide bonds. The van der Waals surface area contributed by atoms with Crippen LogP contribution in [-0.4, -0.2) is 21.2 Å². The Morgan fingerprint density at radius 3 is 2.91 bits per heavy atom. The van der Waals surface area contributed by atoms with Crippen molar-refractivity contribution in [2.45, 2.75) is 0 Å². The predicted molar refractivity (Wildman–Crippen MR) is 80.0 cm³/mol. The second-order valence-corrected chi connectivity index (χ2v) is 4.36. The highest BCUT2D eigenvalue weighted by Crippen LogP contribution is 2.21. The zero-order valence-corrected chi connectivity index (χ0v) is 11.1. The second kappa shape index (κ2) is 5.52. The van der Waals surface area contributed by atoms with Crippen LogP contribution in [0.3, 0.4) is 0 Å². The molecule has 0 bridgehead atoms. The molecule has 0 fully saturated rings. The minimum atomic E-state index is -0.551. The molecule has 0 radical (unpaired) electrons. The largest absolute Gasteiger partial charge is 0.507 e. The number of nitrogens with one attached hydrogen (secondary N) is 1. The number of hydrazone groups is 1. The fraction of sp³-hybridized carbons (Fsp3) is 0. The molecule has 0 atom stereocenters. The van der Waals surface area contributed by atoms with Gasteiger partial charge >= 0.3 is 6.01 Å². The van der Waals surface area contributed by atoms with Gasteiger partial charge in [0.25, 0.3) is 5.69 Å². The van der Waals surface area contributed by atoms with Gasteiger partial charge in [-0.1, -0.05) is 12.1 Å². The van der Waals surface area contributed by atoms with Crippen molar-refractivity contribution in [2.75, 3.05) is 5.43 Å². The summed E-state index contributed by atoms with van der Waals surface area (Å²) in [6, 6.07) is 11.1. The Bertz CT molecular complexity index is 839. The lowest BCUT2D eigenvalue weighted by Gasteiger charge is -1.98. The van der Waals surface area contributed by atoms with E-state index in [-0.39, 0.29) is 23.0 Å². The molecule has 2 N–H and O–H groups in total. The molecule has 1 aromatic heterocycles. The van der Waals surface area contributed by atoms with E-state index in [1.54, 1.807) is 12.1 Å². The molecular formula is C14H10N4O4. The number of para-hydroxylation sites is 2. The van der Waals surface area contributed by atoms with Crippen LogP contribution in [0.4, 0.5) is 11.7 Å². The molecule has 0 aliphatic carbocycles. The molecule has 0 saturated heterocycles. The summed E-state index contributed by atoms with van der Waals surface area (Å²) >= 11 is 0. The Balaban J connectivity index is 1.79. The number of anilines is 1. The third-order valence-corrected chi connectivity index (χ3v) is 2.88. The van der Waals surface area contributed by atoms with E-state index in [4.69, 9.17) is 4.42 Å². The number of aromatic hydroxyl groups is 1. The third-order valence-electron chi connectivity index (χ3n) is 2.88. The van der Waals surface area contributed by atoms with Crippen LogP contribution in [0.25, 0.3) is 11.1 Å². The molecule has 8 nitrogen and oxygen atoms in total. The number of rotatable bonds is 4. The molecular weight excluding hydrogens is 288 g/mol. The first-order valence-corrected chi connectivity index (χ1v) is 6.25. The zero-order chi connectivity index (χ0) is 15.5. The standard InChI is InChI=1S/C14H10N4O4/c19-12-6-5-10(18(20)21)7-9(12)8-15-17-14-16-11-3-1-2-4-13(11)22-14/h1-8,19H,(H,16,17)/b15-8-. The van der Waals surface area contributed by atoms with Gasteiger partial charge in [-0.15, -0.1) is 0 Å². The summed E-state index contributed by atoms with van der Waals surface area (Å²) in [7, 11) is 0. The molecule has 0 spiro atoms. The van der Waals surface area contributed by atoms with Crippen LogP contribution >= 0.6 is 0 Å². The summed E-state index contributed by atoms with van der Waals surface area (Å²) in [6.45, 7) is 0. The van der Waals surface area contributed by atoms with E-state index in [0.29, 0.717) is 11.1 Å². The molecule has 3 rings (SSSR count). The van der Waals surface area contributed by atoms with Gasteiger partial charge < -0.3 is 9.52 Å². The SMILES string of the molecule is O=[N+]([O-])c1ccc(O)c(/C=N\Nc2nc3ccccc3o2)c1. The van der Waals surface area contributed by atoms with Gasteiger partial charge in [0.15, 0.2) is 5.58 Å². The first kappa shape index (κ1) is 13.6. The topological polar surface area (TPSA) is 114 Å². The van der Waals surface area contributed by atoms with Crippen molar-refractivity contribution < 1.29 is 14.4 Å². The van der Waals surface area contributed by atoms with E-state index in [9.17, 15) is 15.2 Å². The maximum atomic E-state index is 10.7. The number of phenols is 1. The first-order chi connectivity index (χ1) is 10.6. The van der Waals surface area contributed by atoms with Gasteiger partial charge in [-0.3, -0.25) is 10.1 Å². The number of hydrogen-bond acceptors (Lipinski definition) is 7. The lowest BCUT2D eigenvalue weighted by molar-refractivity contribution is -0.384. The Morgan fingerprint density at radius 1 is 1.32 bits per heavy atom. The third kappa shape index (κ3) is 2.70. The molecule has 0 aliphatic rings. The van der Waals surface area contributed by atoms with Crippen LogP contribution in [0.2, 0.25) is 0 Å². The van der Waals surface area contributed by atoms with Crippen LogP contribution in [0.5, 0.6) is 5.75 Å². The number of oxazole rings is 1. The maximum absolute atomic E-state index is 10.7. The van der Waals surface area contributed by atoms with E-state index < -0.39 is 4.92 Å². The Labute approximate surface area is 123 Å². The van der Waals surface area contributed by atoms with Crippen LogP contribution in [-0.2, 0) is 0 Å². The van der Waals surface area contributed by atoms with Crippen molar-refractivity contribution in [3.63, 3.8) is 0 Å². The molecule has 0 unspecified atom stereocenters. The number of phenolic OH excluding ortho intramolecular Hbond substituents is 1. The molecule has 2 aromatic carbocycles. The maximum Gasteiger partial charge on any atom is 0.316 e. The fourth-order valence-electron chi connectivity index (χ4n) is 1.84. The zero-order valence-electron chi connectivity index (χ0n) is 11.1. The molecule has 0 saturated carbocycles. The van der Waals surface area contributed by atoms with E-state index in [1.807, 2.05) is 12.1 Å². The quantitative estimate of drug-likeness (QED) is 0.435. The number of nitro benzene ring substituents is 1. The normalized spacial score (nSPS) is 11.1. The highest BCUT2D eigenvalue weighted by molar-refractivity contribution is 5.85. The number of fused-ring (bicyclic) bond motifs is 1. The lowest BCUT2D eigenvalue weighted by atomic mass is 10.2. The number of nitrogens with zero attached hydrogens (tertiary/aromatic N) is 3. The number of nitro groups is 1. The molecule has 22 heavy (non-hydrogen) atoms. The van der Waals surface area contributed by atoms with Crippen molar-refractivity contribution in [1.29, 1.82) is 0 Å². The summed E-state index contributed by atoms with van der Waals surface area (Å²) in [5.41, 5.74) is 3.93. The van der Waals surface area contributed by atoms with Gasteiger partial charge in [0.1, 0.15) is 11.3 Å². The van der Waals surface area contributed by atoms with Crippen molar-refractivity contribution >= 4 is 29.0 Å². The van der Waals surface area contributed by atoms with Crippen LogP contribution in [0.1, 0.15) is 5.56 Å². The molecule has 110 valence electrons. The minimum absolute atomic E-state index is 0.117. The Morgan fingerprint density at radius 2 is 2.14 bits per heavy atom. The van der Waals surface area contributed by atoms with Gasteiger partial charge in [0, 0.05) is 17.7 Å². The molecule has 1 heterocycles. The van der Waals surface area contributed by atoms with E-state index in [0.717, 1.165) is 0 Å². The summed E-state index contributed by atoms with van der Waals surface area (Å²) in [6.07, 6.45) is 1.25. The van der Waals surface area contributed by atoms with Gasteiger partial charge in [-0.2, -0.15) is 10.1 Å². The van der Waals surface area contributed by atoms with E-state index >= 15 is 0 Å². The molecule has 3 aromatic rings. The summed E-state index contributed by atoms with van der Waals surface area (Å²) < 4.78 is 5.39. The number of aromatic nitrogens is 1. The van der Waals surface area contributed by atoms with Crippen LogP contribution in [0, 0.1) is 10.1 Å². The predicted octanol–water partition coefficient (Wildman–Crippen LogP) is 2.89. The summed E-state index contributed by atoms with van der Waals surface area (Å²) in [4.78, 5) is 14.3. The summed E-state index contributed by atoms with van der Waals surface area (Å²) in [5, 5.41) is 24.2. The fourth-order valence-corrected chi connectivity index (χ4v) is 1.84. The number of non-ortho nitro benzene ring substituents is 1. The minimum Gasteiger partial charge on any atom is -0.507 e. The Kier molecular flexibility index (Phi) is 3.40. The molecule has 0 aliphatic heterocycles. The number of hydrogen-bond donors (Lipinski definition) is 2. The van der Waals surface area contributed by atoms with Crippen LogP contribution < -0.4 is 5.43 Å². The van der Waals surface area contributed by atoms with Crippen molar-refractivity contribution in [3.05, 3.63) is 58.1 Å².